The van der Waals surface area contributed by atoms with Crippen LogP contribution in [0.15, 0.2) is 12.7 Å². The molecule has 1 rings (SSSR count). The largest absolute Gasteiger partial charge is 0.377 e. The molecule has 0 unspecified atom stereocenters. The van der Waals surface area contributed by atoms with Gasteiger partial charge in [0.15, 0.2) is 0 Å². The van der Waals surface area contributed by atoms with Gasteiger partial charge in [0.1, 0.15) is 0 Å². The van der Waals surface area contributed by atoms with Crippen LogP contribution in [-0.2, 0) is 4.74 Å². The van der Waals surface area contributed by atoms with E-state index < -0.39 is 0 Å². The molecule has 70 valence electrons. The van der Waals surface area contributed by atoms with E-state index >= 15 is 0 Å². The summed E-state index contributed by atoms with van der Waals surface area (Å²) in [5, 5.41) is 3.47. The normalized spacial score (nSPS) is 16.3. The quantitative estimate of drug-likeness (QED) is 0.441. The molecule has 0 spiro atoms. The second-order valence-corrected chi connectivity index (χ2v) is 3.30. The number of hydrogen-bond donors (Lipinski definition) is 1. The lowest BCUT2D eigenvalue weighted by atomic mass is 10.3. The molecule has 1 N–H and O–H groups in total. The number of hydrogen-bond acceptors (Lipinski definition) is 2. The fourth-order valence-electron chi connectivity index (χ4n) is 1.09. The smallest absolute Gasteiger partial charge is 0.0644 e. The third kappa shape index (κ3) is 5.33. The minimum atomic E-state index is 0.691. The van der Waals surface area contributed by atoms with Crippen LogP contribution in [0.2, 0.25) is 0 Å². The highest BCUT2D eigenvalue weighted by atomic mass is 16.5. The van der Waals surface area contributed by atoms with Gasteiger partial charge in [0.05, 0.1) is 6.61 Å². The Morgan fingerprint density at radius 2 is 2.25 bits per heavy atom. The summed E-state index contributed by atoms with van der Waals surface area (Å²) in [7, 11) is 0. The number of nitrogens with one attached hydrogen (secondary N) is 1. The molecule has 0 aromatic carbocycles. The molecule has 0 amide bonds. The van der Waals surface area contributed by atoms with Crippen molar-refractivity contribution in [2.24, 2.45) is 0 Å². The van der Waals surface area contributed by atoms with E-state index in [0.29, 0.717) is 6.61 Å². The van der Waals surface area contributed by atoms with Crippen molar-refractivity contribution < 1.29 is 4.74 Å². The molecule has 2 heteroatoms. The monoisotopic (exact) mass is 169 g/mol. The van der Waals surface area contributed by atoms with E-state index in [1.807, 2.05) is 0 Å². The van der Waals surface area contributed by atoms with Gasteiger partial charge in [-0.15, -0.1) is 6.58 Å². The van der Waals surface area contributed by atoms with Crippen molar-refractivity contribution in [2.45, 2.75) is 31.7 Å². The van der Waals surface area contributed by atoms with Crippen LogP contribution in [0.4, 0.5) is 0 Å². The zero-order valence-electron chi connectivity index (χ0n) is 7.72. The van der Waals surface area contributed by atoms with Crippen molar-refractivity contribution in [3.63, 3.8) is 0 Å². The molecule has 12 heavy (non-hydrogen) atoms. The Morgan fingerprint density at radius 1 is 1.42 bits per heavy atom. The first-order valence-electron chi connectivity index (χ1n) is 4.85. The molecule has 0 atom stereocenters. The summed E-state index contributed by atoms with van der Waals surface area (Å²) >= 11 is 0. The van der Waals surface area contributed by atoms with Crippen LogP contribution >= 0.6 is 0 Å². The molecule has 1 fully saturated rings. The Balaban J connectivity index is 1.67. The molecule has 0 aromatic rings. The average Bonchev–Trinajstić information content (AvgIpc) is 2.87. The summed E-state index contributed by atoms with van der Waals surface area (Å²) in [4.78, 5) is 0. The van der Waals surface area contributed by atoms with Crippen molar-refractivity contribution >= 4 is 0 Å². The maximum atomic E-state index is 5.26. The van der Waals surface area contributed by atoms with Gasteiger partial charge in [-0.2, -0.15) is 0 Å². The van der Waals surface area contributed by atoms with Gasteiger partial charge in [0.2, 0.25) is 0 Å². The molecule has 0 radical (unpaired) electrons. The lowest BCUT2D eigenvalue weighted by Crippen LogP contribution is -2.17. The van der Waals surface area contributed by atoms with Gasteiger partial charge in [0, 0.05) is 12.6 Å². The molecule has 1 saturated carbocycles. The van der Waals surface area contributed by atoms with E-state index in [-0.39, 0.29) is 0 Å². The van der Waals surface area contributed by atoms with E-state index in [1.54, 1.807) is 6.08 Å². The fourth-order valence-corrected chi connectivity index (χ4v) is 1.09. The predicted octanol–water partition coefficient (Wildman–Crippen LogP) is 1.72. The van der Waals surface area contributed by atoms with Crippen molar-refractivity contribution in [2.75, 3.05) is 19.8 Å². The minimum absolute atomic E-state index is 0.691. The maximum Gasteiger partial charge on any atom is 0.0644 e. The molecule has 0 aliphatic heterocycles. The molecular weight excluding hydrogens is 150 g/mol. The minimum Gasteiger partial charge on any atom is -0.377 e. The molecule has 1 aliphatic rings. The molecule has 0 heterocycles. The Kier molecular flexibility index (Phi) is 5.04. The Hall–Kier alpha value is -0.340. The SMILES string of the molecule is C=CCOCCCCNC1CC1. The van der Waals surface area contributed by atoms with Gasteiger partial charge in [-0.3, -0.25) is 0 Å². The molecule has 0 saturated heterocycles. The Morgan fingerprint density at radius 3 is 2.92 bits per heavy atom. The standard InChI is InChI=1S/C10H19NO/c1-2-8-12-9-4-3-7-11-10-5-6-10/h2,10-11H,1,3-9H2. The second-order valence-electron chi connectivity index (χ2n) is 3.30. The molecule has 0 aromatic heterocycles. The van der Waals surface area contributed by atoms with Crippen molar-refractivity contribution in [3.05, 3.63) is 12.7 Å². The van der Waals surface area contributed by atoms with E-state index in [9.17, 15) is 0 Å². The Labute approximate surface area is 75.0 Å². The highest BCUT2D eigenvalue weighted by Gasteiger charge is 2.19. The lowest BCUT2D eigenvalue weighted by molar-refractivity contribution is 0.158. The van der Waals surface area contributed by atoms with Gasteiger partial charge < -0.3 is 10.1 Å². The van der Waals surface area contributed by atoms with E-state index in [2.05, 4.69) is 11.9 Å². The average molecular weight is 169 g/mol. The summed E-state index contributed by atoms with van der Waals surface area (Å²) in [5.74, 6) is 0. The highest BCUT2D eigenvalue weighted by molar-refractivity contribution is 4.80. The summed E-state index contributed by atoms with van der Waals surface area (Å²) in [5.41, 5.74) is 0. The first-order chi connectivity index (χ1) is 5.93. The van der Waals surface area contributed by atoms with Crippen LogP contribution in [-0.4, -0.2) is 25.8 Å². The third-order valence-corrected chi connectivity index (χ3v) is 1.96. The molecule has 2 nitrogen and oxygen atoms in total. The van der Waals surface area contributed by atoms with Crippen molar-refractivity contribution in [1.29, 1.82) is 0 Å². The number of unbranched alkanes of at least 4 members (excludes halogenated alkanes) is 1. The highest BCUT2D eigenvalue weighted by Crippen LogP contribution is 2.18. The second kappa shape index (κ2) is 6.21. The van der Waals surface area contributed by atoms with Gasteiger partial charge in [-0.1, -0.05) is 6.08 Å². The van der Waals surface area contributed by atoms with E-state index in [1.165, 1.54) is 19.3 Å². The van der Waals surface area contributed by atoms with Crippen LogP contribution in [0.5, 0.6) is 0 Å². The predicted molar refractivity (Wildman–Crippen MR) is 51.3 cm³/mol. The first-order valence-corrected chi connectivity index (χ1v) is 4.85. The summed E-state index contributed by atoms with van der Waals surface area (Å²) in [6.45, 7) is 6.31. The van der Waals surface area contributed by atoms with Crippen LogP contribution < -0.4 is 5.32 Å². The van der Waals surface area contributed by atoms with E-state index in [0.717, 1.165) is 25.6 Å². The topological polar surface area (TPSA) is 21.3 Å². The van der Waals surface area contributed by atoms with Crippen LogP contribution in [0.1, 0.15) is 25.7 Å². The van der Waals surface area contributed by atoms with E-state index in [4.69, 9.17) is 4.74 Å². The number of ether oxygens (including phenoxy) is 1. The zero-order valence-corrected chi connectivity index (χ0v) is 7.72. The first kappa shape index (κ1) is 9.75. The summed E-state index contributed by atoms with van der Waals surface area (Å²) in [6.07, 6.45) is 6.95. The molecule has 1 aliphatic carbocycles. The van der Waals surface area contributed by atoms with Gasteiger partial charge >= 0.3 is 0 Å². The van der Waals surface area contributed by atoms with Crippen LogP contribution in [0, 0.1) is 0 Å². The summed E-state index contributed by atoms with van der Waals surface area (Å²) in [6, 6.07) is 0.846. The van der Waals surface area contributed by atoms with Crippen molar-refractivity contribution in [3.8, 4) is 0 Å². The van der Waals surface area contributed by atoms with Crippen molar-refractivity contribution in [1.82, 2.24) is 5.32 Å². The third-order valence-electron chi connectivity index (χ3n) is 1.96. The maximum absolute atomic E-state index is 5.26. The zero-order chi connectivity index (χ0) is 8.65. The number of rotatable bonds is 8. The van der Waals surface area contributed by atoms with Gasteiger partial charge in [-0.25, -0.2) is 0 Å². The Bertz CT molecular complexity index is 121. The molecular formula is C10H19NO. The van der Waals surface area contributed by atoms with Crippen LogP contribution in [0.3, 0.4) is 0 Å². The lowest BCUT2D eigenvalue weighted by Gasteiger charge is -2.02. The fraction of sp³-hybridized carbons (Fsp3) is 0.800. The van der Waals surface area contributed by atoms with Gasteiger partial charge in [-0.05, 0) is 32.2 Å². The molecule has 0 bridgehead atoms. The van der Waals surface area contributed by atoms with Gasteiger partial charge in [0.25, 0.3) is 0 Å². The summed E-state index contributed by atoms with van der Waals surface area (Å²) < 4.78 is 5.26. The van der Waals surface area contributed by atoms with Crippen LogP contribution in [0.25, 0.3) is 0 Å².